The predicted octanol–water partition coefficient (Wildman–Crippen LogP) is 0.904. The van der Waals surface area contributed by atoms with Crippen LogP contribution < -0.4 is 11.1 Å². The maximum absolute atomic E-state index is 12.1. The van der Waals surface area contributed by atoms with Gasteiger partial charge in [0.15, 0.2) is 0 Å². The molecule has 1 rings (SSSR count). The molecule has 0 spiro atoms. The Labute approximate surface area is 97.9 Å². The summed E-state index contributed by atoms with van der Waals surface area (Å²) < 4.78 is 5.04. The number of methoxy groups -OCH3 is 1. The summed E-state index contributed by atoms with van der Waals surface area (Å²) in [5, 5.41) is 3.00. The Bertz CT molecular complexity index is 225. The zero-order valence-corrected chi connectivity index (χ0v) is 10.4. The van der Waals surface area contributed by atoms with Crippen LogP contribution in [-0.2, 0) is 9.53 Å². The van der Waals surface area contributed by atoms with Crippen LogP contribution in [0.4, 0.5) is 0 Å². The molecular formula is C12H24N2O2. The van der Waals surface area contributed by atoms with Crippen LogP contribution in [0.25, 0.3) is 0 Å². The van der Waals surface area contributed by atoms with E-state index >= 15 is 0 Å². The second kappa shape index (κ2) is 6.21. The lowest BCUT2D eigenvalue weighted by molar-refractivity contribution is -0.130. The maximum atomic E-state index is 12.1. The monoisotopic (exact) mass is 228 g/mol. The Kier molecular flexibility index (Phi) is 5.22. The minimum absolute atomic E-state index is 0.135. The summed E-state index contributed by atoms with van der Waals surface area (Å²) in [6.07, 6.45) is 4.12. The third-order valence-electron chi connectivity index (χ3n) is 3.50. The molecule has 16 heavy (non-hydrogen) atoms. The number of hydrogen-bond donors (Lipinski definition) is 2. The second-order valence-corrected chi connectivity index (χ2v) is 4.96. The van der Waals surface area contributed by atoms with Crippen LogP contribution in [0.3, 0.4) is 0 Å². The van der Waals surface area contributed by atoms with Gasteiger partial charge in [0.2, 0.25) is 5.91 Å². The molecule has 3 N–H and O–H groups in total. The van der Waals surface area contributed by atoms with E-state index in [1.54, 1.807) is 7.11 Å². The van der Waals surface area contributed by atoms with Crippen molar-refractivity contribution in [1.82, 2.24) is 5.32 Å². The minimum Gasteiger partial charge on any atom is -0.384 e. The zero-order valence-electron chi connectivity index (χ0n) is 10.4. The summed E-state index contributed by atoms with van der Waals surface area (Å²) >= 11 is 0. The summed E-state index contributed by atoms with van der Waals surface area (Å²) in [7, 11) is 1.68. The molecule has 1 atom stereocenters. The van der Waals surface area contributed by atoms with E-state index in [2.05, 4.69) is 12.2 Å². The number of rotatable bonds is 6. The molecule has 94 valence electrons. The average Bonchev–Trinajstić information content (AvgIpc) is 2.76. The van der Waals surface area contributed by atoms with Crippen molar-refractivity contribution in [2.45, 2.75) is 32.6 Å². The molecule has 4 heteroatoms. The molecule has 1 unspecified atom stereocenters. The van der Waals surface area contributed by atoms with Crippen molar-refractivity contribution in [3.05, 3.63) is 0 Å². The molecule has 1 amide bonds. The molecule has 0 aromatic heterocycles. The first-order valence-corrected chi connectivity index (χ1v) is 6.12. The van der Waals surface area contributed by atoms with Crippen molar-refractivity contribution in [3.63, 3.8) is 0 Å². The molecule has 0 aromatic carbocycles. The van der Waals surface area contributed by atoms with Crippen LogP contribution in [0.2, 0.25) is 0 Å². The SMILES string of the molecule is COCC(C)CNC(=O)C1(CN)CCCC1. The van der Waals surface area contributed by atoms with Gasteiger partial charge in [-0.05, 0) is 18.8 Å². The zero-order chi connectivity index (χ0) is 12.0. The molecule has 0 saturated heterocycles. The summed E-state index contributed by atoms with van der Waals surface area (Å²) in [4.78, 5) is 12.1. The maximum Gasteiger partial charge on any atom is 0.227 e. The van der Waals surface area contributed by atoms with Gasteiger partial charge >= 0.3 is 0 Å². The van der Waals surface area contributed by atoms with Gasteiger partial charge in [0.05, 0.1) is 12.0 Å². The van der Waals surface area contributed by atoms with Crippen molar-refractivity contribution in [1.29, 1.82) is 0 Å². The van der Waals surface area contributed by atoms with Gasteiger partial charge in [-0.3, -0.25) is 4.79 Å². The minimum atomic E-state index is -0.285. The van der Waals surface area contributed by atoms with Gasteiger partial charge in [-0.25, -0.2) is 0 Å². The third-order valence-corrected chi connectivity index (χ3v) is 3.50. The number of carbonyl (C=O) groups excluding carboxylic acids is 1. The second-order valence-electron chi connectivity index (χ2n) is 4.96. The van der Waals surface area contributed by atoms with Crippen molar-refractivity contribution in [2.75, 3.05) is 26.8 Å². The van der Waals surface area contributed by atoms with Gasteiger partial charge in [-0.1, -0.05) is 19.8 Å². The van der Waals surface area contributed by atoms with Crippen molar-refractivity contribution < 1.29 is 9.53 Å². The average molecular weight is 228 g/mol. The molecule has 1 fully saturated rings. The standard InChI is InChI=1S/C12H24N2O2/c1-10(8-16-2)7-14-11(15)12(9-13)5-3-4-6-12/h10H,3-9,13H2,1-2H3,(H,14,15). The number of nitrogens with two attached hydrogens (primary N) is 1. The molecule has 1 aliphatic carbocycles. The predicted molar refractivity (Wildman–Crippen MR) is 64.0 cm³/mol. The van der Waals surface area contributed by atoms with Gasteiger partial charge in [-0.15, -0.1) is 0 Å². The molecule has 0 heterocycles. The van der Waals surface area contributed by atoms with E-state index in [-0.39, 0.29) is 11.3 Å². The van der Waals surface area contributed by atoms with Crippen LogP contribution in [0.5, 0.6) is 0 Å². The van der Waals surface area contributed by atoms with Crippen LogP contribution in [0.15, 0.2) is 0 Å². The lowest BCUT2D eigenvalue weighted by Gasteiger charge is -2.26. The lowest BCUT2D eigenvalue weighted by Crippen LogP contribution is -2.45. The Morgan fingerprint density at radius 2 is 2.12 bits per heavy atom. The molecule has 1 aliphatic rings. The first kappa shape index (κ1) is 13.5. The fourth-order valence-electron chi connectivity index (χ4n) is 2.37. The summed E-state index contributed by atoms with van der Waals surface area (Å²) in [5.74, 6) is 0.487. The van der Waals surface area contributed by atoms with Crippen LogP contribution in [-0.4, -0.2) is 32.7 Å². The number of hydrogen-bond acceptors (Lipinski definition) is 3. The smallest absolute Gasteiger partial charge is 0.227 e. The van der Waals surface area contributed by atoms with E-state index in [4.69, 9.17) is 10.5 Å². The lowest BCUT2D eigenvalue weighted by atomic mass is 9.85. The van der Waals surface area contributed by atoms with E-state index in [9.17, 15) is 4.79 Å². The molecule has 4 nitrogen and oxygen atoms in total. The first-order valence-electron chi connectivity index (χ1n) is 6.12. The number of ether oxygens (including phenoxy) is 1. The van der Waals surface area contributed by atoms with Gasteiger partial charge in [0, 0.05) is 20.2 Å². The Hall–Kier alpha value is -0.610. The number of carbonyl (C=O) groups is 1. The van der Waals surface area contributed by atoms with Gasteiger partial charge in [-0.2, -0.15) is 0 Å². The van der Waals surface area contributed by atoms with E-state index < -0.39 is 0 Å². The van der Waals surface area contributed by atoms with Crippen molar-refractivity contribution >= 4 is 5.91 Å². The van der Waals surface area contributed by atoms with Gasteiger partial charge in [0.25, 0.3) is 0 Å². The van der Waals surface area contributed by atoms with E-state index in [0.717, 1.165) is 25.7 Å². The molecular weight excluding hydrogens is 204 g/mol. The Morgan fingerprint density at radius 1 is 1.50 bits per heavy atom. The van der Waals surface area contributed by atoms with Gasteiger partial charge < -0.3 is 15.8 Å². The topological polar surface area (TPSA) is 64.3 Å². The highest BCUT2D eigenvalue weighted by molar-refractivity contribution is 5.83. The Balaban J connectivity index is 2.38. The molecule has 1 saturated carbocycles. The fourth-order valence-corrected chi connectivity index (χ4v) is 2.37. The highest BCUT2D eigenvalue weighted by atomic mass is 16.5. The summed E-state index contributed by atoms with van der Waals surface area (Å²) in [5.41, 5.74) is 5.46. The summed E-state index contributed by atoms with van der Waals surface area (Å²) in [6.45, 7) is 3.88. The number of nitrogens with one attached hydrogen (secondary N) is 1. The van der Waals surface area contributed by atoms with E-state index in [1.165, 1.54) is 0 Å². The normalized spacial score (nSPS) is 20.7. The van der Waals surface area contributed by atoms with Crippen LogP contribution in [0, 0.1) is 11.3 Å². The molecule has 0 bridgehead atoms. The Morgan fingerprint density at radius 3 is 2.62 bits per heavy atom. The third kappa shape index (κ3) is 3.19. The van der Waals surface area contributed by atoms with E-state index in [0.29, 0.717) is 25.6 Å². The molecule has 0 radical (unpaired) electrons. The molecule has 0 aromatic rings. The fraction of sp³-hybridized carbons (Fsp3) is 0.917. The summed E-state index contributed by atoms with van der Waals surface area (Å²) in [6, 6.07) is 0. The van der Waals surface area contributed by atoms with Crippen LogP contribution >= 0.6 is 0 Å². The number of amides is 1. The van der Waals surface area contributed by atoms with Crippen molar-refractivity contribution in [2.24, 2.45) is 17.1 Å². The first-order chi connectivity index (χ1) is 7.64. The van der Waals surface area contributed by atoms with Gasteiger partial charge in [0.1, 0.15) is 0 Å². The highest BCUT2D eigenvalue weighted by Gasteiger charge is 2.39. The quantitative estimate of drug-likeness (QED) is 0.710. The van der Waals surface area contributed by atoms with Crippen LogP contribution in [0.1, 0.15) is 32.6 Å². The largest absolute Gasteiger partial charge is 0.384 e. The highest BCUT2D eigenvalue weighted by Crippen LogP contribution is 2.37. The van der Waals surface area contributed by atoms with E-state index in [1.807, 2.05) is 0 Å². The van der Waals surface area contributed by atoms with Crippen molar-refractivity contribution in [3.8, 4) is 0 Å². The molecule has 0 aliphatic heterocycles.